The number of allylic oxidation sites excluding steroid dienone is 4. The molecule has 80 heavy (non-hydrogen) atoms. The molecule has 6 aromatic carbocycles. The van der Waals surface area contributed by atoms with Crippen LogP contribution in [0.3, 0.4) is 0 Å². The number of quaternary nitrogens is 1. The lowest BCUT2D eigenvalue weighted by Crippen LogP contribution is -2.91. The van der Waals surface area contributed by atoms with Crippen molar-refractivity contribution in [3.63, 3.8) is 0 Å². The van der Waals surface area contributed by atoms with Gasteiger partial charge >= 0.3 is 24.9 Å². The van der Waals surface area contributed by atoms with Gasteiger partial charge in [0.1, 0.15) is 5.54 Å². The molecule has 0 spiro atoms. The van der Waals surface area contributed by atoms with Gasteiger partial charge in [0.05, 0.1) is 30.5 Å². The minimum absolute atomic E-state index is 0.0882. The molecule has 3 atom stereocenters. The van der Waals surface area contributed by atoms with Crippen LogP contribution >= 0.6 is 0 Å². The van der Waals surface area contributed by atoms with Crippen molar-refractivity contribution in [3.05, 3.63) is 274 Å². The first-order chi connectivity index (χ1) is 38.6. The number of nitrogens with zero attached hydrogens (tertiary/aromatic N) is 2. The quantitative estimate of drug-likeness (QED) is 0.0427. The lowest BCUT2D eigenvalue weighted by molar-refractivity contribution is -0.916. The van der Waals surface area contributed by atoms with E-state index in [-0.39, 0.29) is 36.0 Å². The number of rotatable bonds is 18. The molecule has 2 heterocycles. The SMILES string of the molecule is CC1(C)C2=C(C=CC1C(=O)O)NC(B1OCCO1)(N(C(=Cc1ccccc1)C(=O)C=Cc1ccccc1)C(=Cc1ccccc1)C(=O)C=Cc1ccccc1)[N+](C(=O)O)(C(=Cc1ccccc1)C(=O)C=Cc1ccccc1)C2(C)C. The van der Waals surface area contributed by atoms with Crippen molar-refractivity contribution in [2.24, 2.45) is 11.3 Å². The average Bonchev–Trinajstić information content (AvgIpc) is 1.97. The number of amides is 1. The van der Waals surface area contributed by atoms with Crippen LogP contribution in [0.1, 0.15) is 61.1 Å². The van der Waals surface area contributed by atoms with Gasteiger partial charge in [-0.15, -0.1) is 4.48 Å². The van der Waals surface area contributed by atoms with Gasteiger partial charge in [0.15, 0.2) is 5.70 Å². The van der Waals surface area contributed by atoms with Gasteiger partial charge in [-0.2, -0.15) is 4.79 Å². The highest BCUT2D eigenvalue weighted by Gasteiger charge is 2.82. The summed E-state index contributed by atoms with van der Waals surface area (Å²) in [6, 6.07) is 54.0. The zero-order valence-electron chi connectivity index (χ0n) is 44.9. The zero-order valence-corrected chi connectivity index (χ0v) is 44.9. The van der Waals surface area contributed by atoms with Gasteiger partial charge in [0.25, 0.3) is 0 Å². The molecule has 1 amide bonds. The minimum Gasteiger partial charge on any atom is -0.481 e. The third kappa shape index (κ3) is 10.8. The minimum atomic E-state index is -2.70. The number of aliphatic carboxylic acids is 1. The molecule has 12 nitrogen and oxygen atoms in total. The molecule has 0 saturated carbocycles. The number of hydrogen-bond donors (Lipinski definition) is 3. The Hall–Kier alpha value is -9.27. The predicted octanol–water partition coefficient (Wildman–Crippen LogP) is 12.4. The summed E-state index contributed by atoms with van der Waals surface area (Å²) in [6.45, 7) is 6.59. The summed E-state index contributed by atoms with van der Waals surface area (Å²) in [7, 11) is -1.78. The first kappa shape index (κ1) is 55.5. The fraction of sp³-hybridized carbons (Fsp3) is 0.149. The van der Waals surface area contributed by atoms with Crippen LogP contribution in [0.4, 0.5) is 4.79 Å². The summed E-state index contributed by atoms with van der Waals surface area (Å²) in [4.78, 5) is 79.9. The molecule has 9 rings (SSSR count). The molecule has 3 unspecified atom stereocenters. The third-order valence-corrected chi connectivity index (χ3v) is 14.9. The fourth-order valence-electron chi connectivity index (χ4n) is 11.5. The van der Waals surface area contributed by atoms with E-state index in [2.05, 4.69) is 5.32 Å². The van der Waals surface area contributed by atoms with Crippen LogP contribution < -0.4 is 5.32 Å². The van der Waals surface area contributed by atoms with Gasteiger partial charge in [0, 0.05) is 22.8 Å². The molecule has 400 valence electrons. The van der Waals surface area contributed by atoms with Crippen LogP contribution in [-0.4, -0.2) is 80.6 Å². The smallest absolute Gasteiger partial charge is 0.481 e. The number of carboxylic acid groups (broad SMARTS) is 2. The van der Waals surface area contributed by atoms with Crippen LogP contribution in [0.25, 0.3) is 36.5 Å². The second-order valence-corrected chi connectivity index (χ2v) is 20.6. The van der Waals surface area contributed by atoms with Crippen LogP contribution in [0.2, 0.25) is 0 Å². The Morgan fingerprint density at radius 1 is 0.537 bits per heavy atom. The van der Waals surface area contributed by atoms with Crippen LogP contribution in [0.15, 0.2) is 241 Å². The maximum absolute atomic E-state index is 16.4. The lowest BCUT2D eigenvalue weighted by Gasteiger charge is -2.65. The largest absolute Gasteiger partial charge is 0.584 e. The highest BCUT2D eigenvalue weighted by Crippen LogP contribution is 2.60. The van der Waals surface area contributed by atoms with Gasteiger partial charge in [0.2, 0.25) is 17.3 Å². The first-order valence-electron chi connectivity index (χ1n) is 26.3. The number of hydrogen-bond acceptors (Lipinski definition) is 9. The highest BCUT2D eigenvalue weighted by molar-refractivity contribution is 6.49. The Morgan fingerprint density at radius 3 is 1.27 bits per heavy atom. The molecule has 1 aliphatic carbocycles. The van der Waals surface area contributed by atoms with E-state index >= 15 is 19.2 Å². The lowest BCUT2D eigenvalue weighted by atomic mass is 9.58. The van der Waals surface area contributed by atoms with E-state index in [1.54, 1.807) is 155 Å². The first-order valence-corrected chi connectivity index (χ1v) is 26.3. The average molecular weight is 1060 g/mol. The summed E-state index contributed by atoms with van der Waals surface area (Å²) in [5.74, 6) is -4.53. The van der Waals surface area contributed by atoms with Gasteiger partial charge in [-0.05, 0) is 83.7 Å². The predicted molar refractivity (Wildman–Crippen MR) is 314 cm³/mol. The van der Waals surface area contributed by atoms with Crippen molar-refractivity contribution in [3.8, 4) is 0 Å². The Bertz CT molecular complexity index is 3410. The molecule has 0 radical (unpaired) electrons. The molecule has 0 aromatic heterocycles. The number of benzene rings is 6. The maximum Gasteiger partial charge on any atom is 0.584 e. The summed E-state index contributed by atoms with van der Waals surface area (Å²) < 4.78 is 12.0. The van der Waals surface area contributed by atoms with Gasteiger partial charge in [-0.25, -0.2) is 0 Å². The Labute approximate surface area is 466 Å². The van der Waals surface area contributed by atoms with E-state index in [0.717, 1.165) is 0 Å². The van der Waals surface area contributed by atoms with Gasteiger partial charge < -0.3 is 24.8 Å². The summed E-state index contributed by atoms with van der Waals surface area (Å²) >= 11 is 0. The van der Waals surface area contributed by atoms with Crippen molar-refractivity contribution in [1.82, 2.24) is 10.2 Å². The van der Waals surface area contributed by atoms with E-state index in [0.29, 0.717) is 39.0 Å². The van der Waals surface area contributed by atoms with Crippen molar-refractivity contribution < 1.29 is 48.0 Å². The summed E-state index contributed by atoms with van der Waals surface area (Å²) in [5.41, 5.74) is -3.03. The van der Waals surface area contributed by atoms with Crippen molar-refractivity contribution in [2.75, 3.05) is 13.2 Å². The van der Waals surface area contributed by atoms with Gasteiger partial charge in [-0.1, -0.05) is 220 Å². The molecule has 1 saturated heterocycles. The number of ketones is 3. The molecule has 2 aliphatic heterocycles. The number of carbonyl (C=O) groups excluding carboxylic acids is 3. The molecule has 3 aliphatic rings. The molecule has 6 aromatic rings. The van der Waals surface area contributed by atoms with E-state index < -0.39 is 63.6 Å². The summed E-state index contributed by atoms with van der Waals surface area (Å²) in [6.07, 6.45) is 15.0. The van der Waals surface area contributed by atoms with Crippen molar-refractivity contribution in [2.45, 2.75) is 38.9 Å². The van der Waals surface area contributed by atoms with E-state index in [4.69, 9.17) is 9.31 Å². The van der Waals surface area contributed by atoms with E-state index in [1.165, 1.54) is 35.3 Å². The Balaban J connectivity index is 1.53. The molecular formula is C67H61BN3O9+. The third-order valence-electron chi connectivity index (χ3n) is 14.9. The van der Waals surface area contributed by atoms with Crippen LogP contribution in [-0.2, 0) is 28.5 Å². The Morgan fingerprint density at radius 2 is 0.900 bits per heavy atom. The van der Waals surface area contributed by atoms with Crippen molar-refractivity contribution in [1.29, 1.82) is 0 Å². The van der Waals surface area contributed by atoms with Crippen LogP contribution in [0.5, 0.6) is 0 Å². The maximum atomic E-state index is 16.4. The summed E-state index contributed by atoms with van der Waals surface area (Å²) in [5, 5.41) is 27.9. The normalized spacial score (nSPS) is 20.9. The van der Waals surface area contributed by atoms with E-state index in [1.807, 2.05) is 91.0 Å². The highest BCUT2D eigenvalue weighted by atomic mass is 16.6. The molecule has 0 bridgehead atoms. The Kier molecular flexibility index (Phi) is 16.5. The number of nitrogens with one attached hydrogen (secondary N) is 1. The van der Waals surface area contributed by atoms with Crippen LogP contribution in [0, 0.1) is 11.3 Å². The second-order valence-electron chi connectivity index (χ2n) is 20.6. The molecule has 3 N–H and O–H groups in total. The number of carbonyl (C=O) groups is 5. The molecular weight excluding hydrogens is 1000 g/mol. The monoisotopic (exact) mass is 1060 g/mol. The fourth-order valence-corrected chi connectivity index (χ4v) is 11.5. The standard InChI is InChI=1S/C67H60BN3O9/c1-65(2)54(63(75)76)38-39-55-62(65)66(3,4)71(64(77)78,58(47-53-33-21-10-22-34-53)61(74)42-37-50-27-15-7-16-28-50)67(69-55,68-79-43-44-80-68)70(56(45-51-29-17-8-18-30-51)59(72)40-35-48-23-11-5-12-24-48)57(46-52-31-19-9-20-32-52)60(73)41-36-49-25-13-6-14-26-49/h5-42,45-47,54,69H,43-44H2,1-4H3,(H-,75,76,77,78)/p+1. The molecule has 1 fully saturated rings. The zero-order chi connectivity index (χ0) is 56.5. The van der Waals surface area contributed by atoms with Crippen molar-refractivity contribution >= 4 is 73.0 Å². The number of carboxylic acids is 1. The molecule has 13 heteroatoms. The topological polar surface area (TPSA) is 160 Å². The van der Waals surface area contributed by atoms with E-state index in [9.17, 15) is 15.0 Å². The van der Waals surface area contributed by atoms with Gasteiger partial charge in [-0.3, -0.25) is 24.1 Å². The second kappa shape index (κ2) is 23.8.